The lowest BCUT2D eigenvalue weighted by Gasteiger charge is -2.31. The Balaban J connectivity index is 1.80. The Morgan fingerprint density at radius 1 is 1.05 bits per heavy atom. The van der Waals surface area contributed by atoms with Crippen molar-refractivity contribution in [1.82, 2.24) is 5.32 Å². The van der Waals surface area contributed by atoms with Gasteiger partial charge < -0.3 is 5.11 Å². The van der Waals surface area contributed by atoms with Crippen LogP contribution in [0, 0.1) is 0 Å². The SMILES string of the molecule is OC1CCCCC1NC(c1cccs1)c1cccs1. The molecule has 4 heteroatoms. The molecule has 2 N–H and O–H groups in total. The molecule has 0 bridgehead atoms. The van der Waals surface area contributed by atoms with E-state index in [4.69, 9.17) is 0 Å². The van der Waals surface area contributed by atoms with Crippen molar-refractivity contribution in [2.24, 2.45) is 0 Å². The summed E-state index contributed by atoms with van der Waals surface area (Å²) >= 11 is 3.56. The number of aliphatic hydroxyl groups excluding tert-OH is 1. The van der Waals surface area contributed by atoms with Crippen LogP contribution in [0.15, 0.2) is 35.0 Å². The van der Waals surface area contributed by atoms with E-state index in [1.165, 1.54) is 16.2 Å². The molecule has 102 valence electrons. The van der Waals surface area contributed by atoms with Gasteiger partial charge in [-0.2, -0.15) is 0 Å². The van der Waals surface area contributed by atoms with Crippen LogP contribution in [0.1, 0.15) is 41.5 Å². The minimum atomic E-state index is -0.198. The molecule has 0 aliphatic heterocycles. The van der Waals surface area contributed by atoms with Crippen molar-refractivity contribution in [3.8, 4) is 0 Å². The first-order valence-electron chi connectivity index (χ1n) is 6.85. The third kappa shape index (κ3) is 3.08. The minimum Gasteiger partial charge on any atom is -0.392 e. The molecule has 1 saturated carbocycles. The number of hydrogen-bond donors (Lipinski definition) is 2. The van der Waals surface area contributed by atoms with Gasteiger partial charge >= 0.3 is 0 Å². The molecule has 2 nitrogen and oxygen atoms in total. The molecule has 3 rings (SSSR count). The van der Waals surface area contributed by atoms with Crippen molar-refractivity contribution in [3.63, 3.8) is 0 Å². The van der Waals surface area contributed by atoms with E-state index in [1.807, 2.05) is 0 Å². The summed E-state index contributed by atoms with van der Waals surface area (Å²) in [7, 11) is 0. The maximum Gasteiger partial charge on any atom is 0.0767 e. The predicted molar refractivity (Wildman–Crippen MR) is 81.9 cm³/mol. The summed E-state index contributed by atoms with van der Waals surface area (Å²) in [6, 6.07) is 9.01. The summed E-state index contributed by atoms with van der Waals surface area (Å²) in [6.07, 6.45) is 4.18. The fraction of sp³-hybridized carbons (Fsp3) is 0.467. The van der Waals surface area contributed by atoms with Gasteiger partial charge in [-0.25, -0.2) is 0 Å². The average Bonchev–Trinajstić information content (AvgIpc) is 3.11. The Morgan fingerprint density at radius 2 is 1.68 bits per heavy atom. The Morgan fingerprint density at radius 3 is 2.21 bits per heavy atom. The van der Waals surface area contributed by atoms with E-state index in [1.54, 1.807) is 22.7 Å². The van der Waals surface area contributed by atoms with E-state index < -0.39 is 0 Å². The van der Waals surface area contributed by atoms with Gasteiger partial charge in [-0.15, -0.1) is 22.7 Å². The van der Waals surface area contributed by atoms with Crippen molar-refractivity contribution >= 4 is 22.7 Å². The summed E-state index contributed by atoms with van der Waals surface area (Å²) in [4.78, 5) is 2.67. The molecule has 1 aliphatic rings. The fourth-order valence-electron chi connectivity index (χ4n) is 2.74. The van der Waals surface area contributed by atoms with Crippen LogP contribution >= 0.6 is 22.7 Å². The Kier molecular flexibility index (Phi) is 4.33. The molecule has 2 aromatic rings. The summed E-state index contributed by atoms with van der Waals surface area (Å²) in [5.74, 6) is 0. The largest absolute Gasteiger partial charge is 0.392 e. The van der Waals surface area contributed by atoms with Gasteiger partial charge in [0.05, 0.1) is 12.1 Å². The van der Waals surface area contributed by atoms with Crippen LogP contribution in [-0.4, -0.2) is 17.3 Å². The first kappa shape index (κ1) is 13.3. The fourth-order valence-corrected chi connectivity index (χ4v) is 4.41. The van der Waals surface area contributed by atoms with Gasteiger partial charge in [0.15, 0.2) is 0 Å². The molecular weight excluding hydrogens is 274 g/mol. The second-order valence-corrected chi connectivity index (χ2v) is 7.05. The molecule has 1 aliphatic carbocycles. The number of rotatable bonds is 4. The van der Waals surface area contributed by atoms with Crippen LogP contribution in [0.2, 0.25) is 0 Å². The van der Waals surface area contributed by atoms with Crippen LogP contribution in [-0.2, 0) is 0 Å². The molecule has 0 aromatic carbocycles. The van der Waals surface area contributed by atoms with Crippen molar-refractivity contribution in [1.29, 1.82) is 0 Å². The van der Waals surface area contributed by atoms with Crippen molar-refractivity contribution in [2.75, 3.05) is 0 Å². The number of hydrogen-bond acceptors (Lipinski definition) is 4. The minimum absolute atomic E-state index is 0.198. The molecule has 0 spiro atoms. The van der Waals surface area contributed by atoms with Crippen molar-refractivity contribution in [3.05, 3.63) is 44.8 Å². The number of aliphatic hydroxyl groups is 1. The monoisotopic (exact) mass is 293 g/mol. The first-order chi connectivity index (χ1) is 9.34. The van der Waals surface area contributed by atoms with E-state index in [2.05, 4.69) is 40.3 Å². The quantitative estimate of drug-likeness (QED) is 0.899. The highest BCUT2D eigenvalue weighted by atomic mass is 32.1. The normalized spacial score (nSPS) is 23.9. The number of thiophene rings is 2. The zero-order valence-electron chi connectivity index (χ0n) is 10.8. The Labute approximate surface area is 122 Å². The second kappa shape index (κ2) is 6.18. The standard InChI is InChI=1S/C15H19NOS2/c17-12-6-2-1-5-11(12)16-15(13-7-3-9-18-13)14-8-4-10-19-14/h3-4,7-12,15-17H,1-2,5-6H2. The molecule has 0 saturated heterocycles. The average molecular weight is 293 g/mol. The van der Waals surface area contributed by atoms with Crippen molar-refractivity contribution < 1.29 is 5.11 Å². The Hall–Kier alpha value is -0.680. The Bertz CT molecular complexity index is 446. The van der Waals surface area contributed by atoms with Gasteiger partial charge in [0.25, 0.3) is 0 Å². The summed E-state index contributed by atoms with van der Waals surface area (Å²) in [5, 5.41) is 18.1. The smallest absolute Gasteiger partial charge is 0.0767 e. The number of nitrogens with one attached hydrogen (secondary N) is 1. The lowest BCUT2D eigenvalue weighted by molar-refractivity contribution is 0.0876. The van der Waals surface area contributed by atoms with E-state index in [0.29, 0.717) is 0 Å². The molecule has 19 heavy (non-hydrogen) atoms. The molecule has 1 fully saturated rings. The maximum absolute atomic E-state index is 10.2. The van der Waals surface area contributed by atoms with Gasteiger partial charge in [-0.05, 0) is 35.7 Å². The highest BCUT2D eigenvalue weighted by Crippen LogP contribution is 2.31. The van der Waals surface area contributed by atoms with E-state index in [0.717, 1.165) is 19.3 Å². The highest BCUT2D eigenvalue weighted by molar-refractivity contribution is 7.11. The van der Waals surface area contributed by atoms with E-state index >= 15 is 0 Å². The summed E-state index contributed by atoms with van der Waals surface area (Å²) < 4.78 is 0. The highest BCUT2D eigenvalue weighted by Gasteiger charge is 2.27. The zero-order valence-corrected chi connectivity index (χ0v) is 12.4. The third-order valence-electron chi connectivity index (χ3n) is 3.77. The molecule has 0 amide bonds. The third-order valence-corrected chi connectivity index (χ3v) is 5.64. The van der Waals surface area contributed by atoms with E-state index in [9.17, 15) is 5.11 Å². The van der Waals surface area contributed by atoms with Crippen LogP contribution < -0.4 is 5.32 Å². The molecule has 2 heterocycles. The van der Waals surface area contributed by atoms with Crippen LogP contribution in [0.5, 0.6) is 0 Å². The van der Waals surface area contributed by atoms with Crippen LogP contribution in [0.4, 0.5) is 0 Å². The molecular formula is C15H19NOS2. The van der Waals surface area contributed by atoms with Gasteiger partial charge in [0.1, 0.15) is 0 Å². The van der Waals surface area contributed by atoms with Gasteiger partial charge in [-0.1, -0.05) is 25.0 Å². The van der Waals surface area contributed by atoms with Gasteiger partial charge in [0, 0.05) is 15.8 Å². The van der Waals surface area contributed by atoms with Gasteiger partial charge in [0.2, 0.25) is 0 Å². The lowest BCUT2D eigenvalue weighted by Crippen LogP contribution is -2.43. The van der Waals surface area contributed by atoms with E-state index in [-0.39, 0.29) is 18.2 Å². The lowest BCUT2D eigenvalue weighted by atomic mass is 9.92. The molecule has 2 aromatic heterocycles. The molecule has 2 unspecified atom stereocenters. The van der Waals surface area contributed by atoms with Crippen molar-refractivity contribution in [2.45, 2.75) is 43.9 Å². The maximum atomic E-state index is 10.2. The first-order valence-corrected chi connectivity index (χ1v) is 8.61. The summed E-state index contributed by atoms with van der Waals surface area (Å²) in [6.45, 7) is 0. The topological polar surface area (TPSA) is 32.3 Å². The van der Waals surface area contributed by atoms with Crippen LogP contribution in [0.25, 0.3) is 0 Å². The predicted octanol–water partition coefficient (Wildman–Crippen LogP) is 3.79. The van der Waals surface area contributed by atoms with Gasteiger partial charge in [-0.3, -0.25) is 5.32 Å². The molecule has 2 atom stereocenters. The zero-order chi connectivity index (χ0) is 13.1. The van der Waals surface area contributed by atoms with Crippen LogP contribution in [0.3, 0.4) is 0 Å². The second-order valence-electron chi connectivity index (χ2n) is 5.09. The summed E-state index contributed by atoms with van der Waals surface area (Å²) in [5.41, 5.74) is 0. The molecule has 0 radical (unpaired) electrons.